The van der Waals surface area contributed by atoms with Crippen LogP contribution in [0, 0.1) is 0 Å². The Bertz CT molecular complexity index is 258. The summed E-state index contributed by atoms with van der Waals surface area (Å²) in [7, 11) is 0. The fraction of sp³-hybridized carbons (Fsp3) is 0.500. The van der Waals surface area contributed by atoms with Gasteiger partial charge in [0.25, 0.3) is 6.43 Å². The molecule has 0 radical (unpaired) electrons. The Labute approximate surface area is 89.3 Å². The van der Waals surface area contributed by atoms with Gasteiger partial charge >= 0.3 is 0 Å². The molecule has 0 amide bonds. The summed E-state index contributed by atoms with van der Waals surface area (Å²) in [6.07, 6.45) is 0.529. The van der Waals surface area contributed by atoms with Crippen LogP contribution in [0.25, 0.3) is 0 Å². The third-order valence-electron chi connectivity index (χ3n) is 1.60. The maximum atomic E-state index is 12.2. The Morgan fingerprint density at radius 3 is 2.79 bits per heavy atom. The standard InChI is InChI=1S/C8H10BrF2N3/c9-2-4-14(5-7(10)11)8-1-3-12-6-13-8/h1,3,6-7H,2,4-5H2. The fourth-order valence-corrected chi connectivity index (χ4v) is 1.47. The van der Waals surface area contributed by atoms with Gasteiger partial charge in [0.2, 0.25) is 0 Å². The molecular formula is C8H10BrF2N3. The normalized spacial score (nSPS) is 10.6. The molecule has 0 aliphatic carbocycles. The Kier molecular flexibility index (Phi) is 4.72. The first-order chi connectivity index (χ1) is 6.74. The van der Waals surface area contributed by atoms with Gasteiger partial charge in [-0.3, -0.25) is 0 Å². The van der Waals surface area contributed by atoms with Crippen molar-refractivity contribution in [2.75, 3.05) is 23.3 Å². The van der Waals surface area contributed by atoms with Crippen LogP contribution in [0.15, 0.2) is 18.6 Å². The summed E-state index contributed by atoms with van der Waals surface area (Å²) in [6, 6.07) is 1.62. The quantitative estimate of drug-likeness (QED) is 0.763. The van der Waals surface area contributed by atoms with Crippen molar-refractivity contribution in [3.8, 4) is 0 Å². The molecule has 0 fully saturated rings. The summed E-state index contributed by atoms with van der Waals surface area (Å²) in [5.41, 5.74) is 0. The van der Waals surface area contributed by atoms with Crippen molar-refractivity contribution in [3.63, 3.8) is 0 Å². The lowest BCUT2D eigenvalue weighted by atomic mass is 10.4. The largest absolute Gasteiger partial charge is 0.350 e. The molecule has 3 nitrogen and oxygen atoms in total. The average molecular weight is 266 g/mol. The SMILES string of the molecule is FC(F)CN(CCBr)c1ccncn1. The topological polar surface area (TPSA) is 29.0 Å². The van der Waals surface area contributed by atoms with Gasteiger partial charge in [0, 0.05) is 18.1 Å². The highest BCUT2D eigenvalue weighted by Gasteiger charge is 2.12. The van der Waals surface area contributed by atoms with Crippen LogP contribution in [-0.4, -0.2) is 34.8 Å². The van der Waals surface area contributed by atoms with Crippen molar-refractivity contribution in [2.24, 2.45) is 0 Å². The molecule has 0 aliphatic heterocycles. The number of aromatic nitrogens is 2. The molecule has 1 aromatic rings. The van der Waals surface area contributed by atoms with E-state index in [4.69, 9.17) is 0 Å². The second-order valence-electron chi connectivity index (χ2n) is 2.59. The van der Waals surface area contributed by atoms with Gasteiger partial charge in [0.05, 0.1) is 6.54 Å². The number of halogens is 3. The lowest BCUT2D eigenvalue weighted by molar-refractivity contribution is 0.155. The van der Waals surface area contributed by atoms with Crippen LogP contribution < -0.4 is 4.90 Å². The van der Waals surface area contributed by atoms with Crippen LogP contribution in [0.1, 0.15) is 0 Å². The lowest BCUT2D eigenvalue weighted by Crippen LogP contribution is -2.31. The van der Waals surface area contributed by atoms with E-state index in [2.05, 4.69) is 25.9 Å². The van der Waals surface area contributed by atoms with Crippen LogP contribution in [0.2, 0.25) is 0 Å². The summed E-state index contributed by atoms with van der Waals surface area (Å²) in [5.74, 6) is 0.528. The number of rotatable bonds is 5. The molecule has 1 aromatic heterocycles. The second kappa shape index (κ2) is 5.85. The molecule has 78 valence electrons. The molecule has 0 atom stereocenters. The van der Waals surface area contributed by atoms with Crippen LogP contribution in [0.5, 0.6) is 0 Å². The average Bonchev–Trinajstić information content (AvgIpc) is 2.18. The summed E-state index contributed by atoms with van der Waals surface area (Å²) < 4.78 is 24.4. The minimum Gasteiger partial charge on any atom is -0.350 e. The van der Waals surface area contributed by atoms with Gasteiger partial charge < -0.3 is 4.90 Å². The number of hydrogen-bond donors (Lipinski definition) is 0. The third-order valence-corrected chi connectivity index (χ3v) is 1.96. The highest BCUT2D eigenvalue weighted by Crippen LogP contribution is 2.10. The number of alkyl halides is 3. The van der Waals surface area contributed by atoms with E-state index in [1.165, 1.54) is 17.4 Å². The first kappa shape index (κ1) is 11.3. The molecule has 0 spiro atoms. The van der Waals surface area contributed by atoms with Crippen molar-refractivity contribution in [1.29, 1.82) is 0 Å². The predicted octanol–water partition coefficient (Wildman–Crippen LogP) is 1.94. The number of hydrogen-bond acceptors (Lipinski definition) is 3. The Balaban J connectivity index is 2.67. The van der Waals surface area contributed by atoms with E-state index in [0.29, 0.717) is 17.7 Å². The van der Waals surface area contributed by atoms with Crippen LogP contribution in [0.3, 0.4) is 0 Å². The molecule has 1 rings (SSSR count). The van der Waals surface area contributed by atoms with Crippen LogP contribution >= 0.6 is 15.9 Å². The minimum atomic E-state index is -2.36. The van der Waals surface area contributed by atoms with E-state index < -0.39 is 6.43 Å². The molecule has 0 aliphatic rings. The molecule has 0 unspecified atom stereocenters. The summed E-state index contributed by atoms with van der Waals surface area (Å²) in [6.45, 7) is 0.198. The van der Waals surface area contributed by atoms with Gasteiger partial charge in [-0.25, -0.2) is 18.7 Å². The second-order valence-corrected chi connectivity index (χ2v) is 3.39. The molecule has 14 heavy (non-hydrogen) atoms. The zero-order chi connectivity index (χ0) is 10.4. The first-order valence-electron chi connectivity index (χ1n) is 4.09. The van der Waals surface area contributed by atoms with Gasteiger partial charge in [0.15, 0.2) is 0 Å². The monoisotopic (exact) mass is 265 g/mol. The van der Waals surface area contributed by atoms with Crippen molar-refractivity contribution in [3.05, 3.63) is 18.6 Å². The van der Waals surface area contributed by atoms with E-state index in [1.54, 1.807) is 6.07 Å². The van der Waals surface area contributed by atoms with E-state index in [-0.39, 0.29) is 6.54 Å². The Hall–Kier alpha value is -0.780. The van der Waals surface area contributed by atoms with Crippen LogP contribution in [0.4, 0.5) is 14.6 Å². The maximum absolute atomic E-state index is 12.2. The molecule has 0 N–H and O–H groups in total. The maximum Gasteiger partial charge on any atom is 0.255 e. The minimum absolute atomic E-state index is 0.303. The van der Waals surface area contributed by atoms with E-state index >= 15 is 0 Å². The van der Waals surface area contributed by atoms with Crippen molar-refractivity contribution in [1.82, 2.24) is 9.97 Å². The van der Waals surface area contributed by atoms with Crippen LogP contribution in [-0.2, 0) is 0 Å². The molecule has 0 saturated carbocycles. The lowest BCUT2D eigenvalue weighted by Gasteiger charge is -2.21. The van der Waals surface area contributed by atoms with E-state index in [1.807, 2.05) is 0 Å². The molecule has 0 saturated heterocycles. The number of anilines is 1. The Morgan fingerprint density at radius 2 is 2.29 bits per heavy atom. The molecule has 1 heterocycles. The zero-order valence-corrected chi connectivity index (χ0v) is 8.99. The third kappa shape index (κ3) is 3.53. The van der Waals surface area contributed by atoms with Gasteiger partial charge in [0.1, 0.15) is 12.1 Å². The smallest absolute Gasteiger partial charge is 0.255 e. The van der Waals surface area contributed by atoms with E-state index in [9.17, 15) is 8.78 Å². The number of nitrogens with zero attached hydrogens (tertiary/aromatic N) is 3. The van der Waals surface area contributed by atoms with Gasteiger partial charge in [-0.2, -0.15) is 0 Å². The van der Waals surface area contributed by atoms with Gasteiger partial charge in [-0.05, 0) is 6.07 Å². The van der Waals surface area contributed by atoms with Gasteiger partial charge in [-0.1, -0.05) is 15.9 Å². The van der Waals surface area contributed by atoms with Crippen molar-refractivity contribution >= 4 is 21.7 Å². The van der Waals surface area contributed by atoms with Gasteiger partial charge in [-0.15, -0.1) is 0 Å². The summed E-state index contributed by atoms with van der Waals surface area (Å²) in [4.78, 5) is 9.16. The highest BCUT2D eigenvalue weighted by molar-refractivity contribution is 9.09. The fourth-order valence-electron chi connectivity index (χ4n) is 1.04. The molecule has 0 bridgehead atoms. The van der Waals surface area contributed by atoms with E-state index in [0.717, 1.165) is 0 Å². The zero-order valence-electron chi connectivity index (χ0n) is 7.41. The molecular weight excluding hydrogens is 256 g/mol. The summed E-state index contributed by atoms with van der Waals surface area (Å²) in [5, 5.41) is 0.629. The predicted molar refractivity (Wildman–Crippen MR) is 54.0 cm³/mol. The molecule has 0 aromatic carbocycles. The highest BCUT2D eigenvalue weighted by atomic mass is 79.9. The first-order valence-corrected chi connectivity index (χ1v) is 5.21. The van der Waals surface area contributed by atoms with Crippen molar-refractivity contribution < 1.29 is 8.78 Å². The Morgan fingerprint density at radius 1 is 1.50 bits per heavy atom. The van der Waals surface area contributed by atoms with Crippen molar-refractivity contribution in [2.45, 2.75) is 6.43 Å². The molecule has 6 heteroatoms. The summed E-state index contributed by atoms with van der Waals surface area (Å²) >= 11 is 3.21.